The first-order valence-electron chi connectivity index (χ1n) is 9.14. The zero-order valence-electron chi connectivity index (χ0n) is 15.9. The van der Waals surface area contributed by atoms with Crippen LogP contribution in [0.2, 0.25) is 0 Å². The Balaban J connectivity index is 1.62. The Kier molecular flexibility index (Phi) is 6.39. The highest BCUT2D eigenvalue weighted by Crippen LogP contribution is 2.19. The van der Waals surface area contributed by atoms with Gasteiger partial charge in [0.1, 0.15) is 6.04 Å². The van der Waals surface area contributed by atoms with Crippen molar-refractivity contribution in [1.29, 1.82) is 0 Å². The van der Waals surface area contributed by atoms with E-state index in [-0.39, 0.29) is 18.5 Å². The molecule has 0 saturated heterocycles. The average Bonchev–Trinajstić information content (AvgIpc) is 3.14. The van der Waals surface area contributed by atoms with Crippen molar-refractivity contribution in [1.82, 2.24) is 20.6 Å². The summed E-state index contributed by atoms with van der Waals surface area (Å²) in [5.41, 5.74) is 2.92. The molecule has 3 N–H and O–H groups in total. The Hall–Kier alpha value is -3.19. The molecule has 0 bridgehead atoms. The first-order chi connectivity index (χ1) is 13.6. The predicted octanol–water partition coefficient (Wildman–Crippen LogP) is 2.11. The number of hydrogen-bond acceptors (Lipinski definition) is 5. The van der Waals surface area contributed by atoms with E-state index in [1.807, 2.05) is 49.5 Å². The standard InChI is InChI=1S/C21H24N4O3/c1-14(15-6-5-9-22-11-15)23-13-20(26)25-19(21(27)28-2)10-16-12-24-18-8-4-3-7-17(16)18/h3-9,11-12,14,19,23-24H,10,13H2,1-2H3,(H,25,26). The maximum absolute atomic E-state index is 12.4. The van der Waals surface area contributed by atoms with Crippen molar-refractivity contribution in [3.05, 3.63) is 66.1 Å². The molecule has 2 unspecified atom stereocenters. The van der Waals surface area contributed by atoms with Crippen LogP contribution in [-0.2, 0) is 20.7 Å². The number of aromatic nitrogens is 2. The lowest BCUT2D eigenvalue weighted by molar-refractivity contribution is -0.144. The Morgan fingerprint density at radius 1 is 1.21 bits per heavy atom. The molecule has 0 spiro atoms. The number of benzene rings is 1. The van der Waals surface area contributed by atoms with E-state index in [0.717, 1.165) is 22.0 Å². The summed E-state index contributed by atoms with van der Waals surface area (Å²) in [6.07, 6.45) is 5.66. The van der Waals surface area contributed by atoms with E-state index in [2.05, 4.69) is 20.6 Å². The molecule has 146 valence electrons. The number of hydrogen-bond donors (Lipinski definition) is 3. The van der Waals surface area contributed by atoms with Gasteiger partial charge < -0.3 is 20.4 Å². The monoisotopic (exact) mass is 380 g/mol. The Bertz CT molecular complexity index is 939. The molecule has 28 heavy (non-hydrogen) atoms. The van der Waals surface area contributed by atoms with Crippen LogP contribution in [0.5, 0.6) is 0 Å². The number of nitrogens with zero attached hydrogens (tertiary/aromatic N) is 1. The summed E-state index contributed by atoms with van der Waals surface area (Å²) in [4.78, 5) is 31.8. The molecule has 3 rings (SSSR count). The smallest absolute Gasteiger partial charge is 0.328 e. The number of nitrogens with one attached hydrogen (secondary N) is 3. The van der Waals surface area contributed by atoms with Crippen LogP contribution in [0.4, 0.5) is 0 Å². The van der Waals surface area contributed by atoms with Crippen molar-refractivity contribution in [2.75, 3.05) is 13.7 Å². The Labute approximate surface area is 163 Å². The summed E-state index contributed by atoms with van der Waals surface area (Å²) < 4.78 is 4.88. The lowest BCUT2D eigenvalue weighted by Crippen LogP contribution is -2.46. The van der Waals surface area contributed by atoms with Crippen molar-refractivity contribution in [2.24, 2.45) is 0 Å². The van der Waals surface area contributed by atoms with Crippen molar-refractivity contribution in [2.45, 2.75) is 25.4 Å². The van der Waals surface area contributed by atoms with Gasteiger partial charge in [0, 0.05) is 42.0 Å². The molecule has 0 fully saturated rings. The highest BCUT2D eigenvalue weighted by molar-refractivity contribution is 5.87. The molecular weight excluding hydrogens is 356 g/mol. The number of carbonyl (C=O) groups is 2. The first-order valence-corrected chi connectivity index (χ1v) is 9.14. The summed E-state index contributed by atoms with van der Waals surface area (Å²) >= 11 is 0. The molecule has 1 aromatic carbocycles. The first kappa shape index (κ1) is 19.6. The fourth-order valence-corrected chi connectivity index (χ4v) is 3.10. The van der Waals surface area contributed by atoms with Gasteiger partial charge in [-0.05, 0) is 30.2 Å². The third-order valence-electron chi connectivity index (χ3n) is 4.67. The van der Waals surface area contributed by atoms with E-state index in [4.69, 9.17) is 4.74 Å². The van der Waals surface area contributed by atoms with E-state index >= 15 is 0 Å². The van der Waals surface area contributed by atoms with Gasteiger partial charge in [0.05, 0.1) is 13.7 Å². The van der Waals surface area contributed by atoms with Gasteiger partial charge in [-0.2, -0.15) is 0 Å². The van der Waals surface area contributed by atoms with Gasteiger partial charge in [-0.25, -0.2) is 4.79 Å². The summed E-state index contributed by atoms with van der Waals surface area (Å²) in [5, 5.41) is 6.93. The number of rotatable bonds is 8. The van der Waals surface area contributed by atoms with Gasteiger partial charge in [-0.1, -0.05) is 24.3 Å². The average molecular weight is 380 g/mol. The molecule has 0 saturated carbocycles. The number of esters is 1. The second-order valence-corrected chi connectivity index (χ2v) is 6.60. The van der Waals surface area contributed by atoms with Gasteiger partial charge in [0.2, 0.25) is 5.91 Å². The van der Waals surface area contributed by atoms with Gasteiger partial charge in [-0.3, -0.25) is 9.78 Å². The van der Waals surface area contributed by atoms with Crippen LogP contribution in [0.1, 0.15) is 24.1 Å². The molecule has 0 radical (unpaired) electrons. The molecule has 0 aliphatic carbocycles. The minimum Gasteiger partial charge on any atom is -0.467 e. The molecule has 0 aliphatic rings. The van der Waals surface area contributed by atoms with Gasteiger partial charge >= 0.3 is 5.97 Å². The number of ether oxygens (including phenoxy) is 1. The maximum Gasteiger partial charge on any atom is 0.328 e. The zero-order valence-corrected chi connectivity index (χ0v) is 15.9. The molecule has 2 aromatic heterocycles. The number of carbonyl (C=O) groups excluding carboxylic acids is 2. The van der Waals surface area contributed by atoms with Gasteiger partial charge in [-0.15, -0.1) is 0 Å². The number of fused-ring (bicyclic) bond motifs is 1. The SMILES string of the molecule is COC(=O)C(Cc1c[nH]c2ccccc12)NC(=O)CNC(C)c1cccnc1. The highest BCUT2D eigenvalue weighted by atomic mass is 16.5. The second kappa shape index (κ2) is 9.14. The van der Waals surface area contributed by atoms with Gasteiger partial charge in [0.15, 0.2) is 0 Å². The van der Waals surface area contributed by atoms with E-state index in [1.165, 1.54) is 7.11 Å². The van der Waals surface area contributed by atoms with E-state index in [1.54, 1.807) is 12.4 Å². The van der Waals surface area contributed by atoms with E-state index < -0.39 is 12.0 Å². The van der Waals surface area contributed by atoms with Crippen LogP contribution in [0.15, 0.2) is 55.0 Å². The molecule has 7 heteroatoms. The molecule has 7 nitrogen and oxygen atoms in total. The Morgan fingerprint density at radius 2 is 2.04 bits per heavy atom. The van der Waals surface area contributed by atoms with Gasteiger partial charge in [0.25, 0.3) is 0 Å². The number of pyridine rings is 1. The van der Waals surface area contributed by atoms with Crippen LogP contribution in [-0.4, -0.2) is 41.5 Å². The summed E-state index contributed by atoms with van der Waals surface area (Å²) in [5.74, 6) is -0.745. The fraction of sp³-hybridized carbons (Fsp3) is 0.286. The van der Waals surface area contributed by atoms with Crippen LogP contribution < -0.4 is 10.6 Å². The maximum atomic E-state index is 12.4. The number of H-pyrrole nitrogens is 1. The van der Waals surface area contributed by atoms with Crippen LogP contribution in [0.25, 0.3) is 10.9 Å². The molecule has 1 amide bonds. The van der Waals surface area contributed by atoms with Crippen molar-refractivity contribution in [3.63, 3.8) is 0 Å². The van der Waals surface area contributed by atoms with E-state index in [9.17, 15) is 9.59 Å². The predicted molar refractivity (Wildman–Crippen MR) is 107 cm³/mol. The van der Waals surface area contributed by atoms with E-state index in [0.29, 0.717) is 6.42 Å². The normalized spacial score (nSPS) is 13.1. The molecule has 0 aliphatic heterocycles. The number of para-hydroxylation sites is 1. The Morgan fingerprint density at radius 3 is 2.79 bits per heavy atom. The zero-order chi connectivity index (χ0) is 19.9. The van der Waals surface area contributed by atoms with Crippen molar-refractivity contribution < 1.29 is 14.3 Å². The topological polar surface area (TPSA) is 96.1 Å². The van der Waals surface area contributed by atoms with Crippen molar-refractivity contribution in [3.8, 4) is 0 Å². The third kappa shape index (κ3) is 4.75. The molecule has 3 aromatic rings. The quantitative estimate of drug-likeness (QED) is 0.520. The lowest BCUT2D eigenvalue weighted by atomic mass is 10.0. The summed E-state index contributed by atoms with van der Waals surface area (Å²) in [6.45, 7) is 2.03. The molecule has 2 heterocycles. The van der Waals surface area contributed by atoms with Crippen LogP contribution in [0, 0.1) is 0 Å². The van der Waals surface area contributed by atoms with Crippen LogP contribution >= 0.6 is 0 Å². The fourth-order valence-electron chi connectivity index (χ4n) is 3.10. The molecule has 2 atom stereocenters. The number of aromatic amines is 1. The summed E-state index contributed by atoms with van der Waals surface area (Å²) in [7, 11) is 1.32. The minimum atomic E-state index is -0.757. The second-order valence-electron chi connectivity index (χ2n) is 6.60. The number of amides is 1. The third-order valence-corrected chi connectivity index (χ3v) is 4.67. The minimum absolute atomic E-state index is 0.0374. The molecular formula is C21H24N4O3. The largest absolute Gasteiger partial charge is 0.467 e. The van der Waals surface area contributed by atoms with Crippen molar-refractivity contribution >= 4 is 22.8 Å². The highest BCUT2D eigenvalue weighted by Gasteiger charge is 2.23. The number of methoxy groups -OCH3 is 1. The van der Waals surface area contributed by atoms with Crippen LogP contribution in [0.3, 0.4) is 0 Å². The lowest BCUT2D eigenvalue weighted by Gasteiger charge is -2.18. The summed E-state index contributed by atoms with van der Waals surface area (Å²) in [6, 6.07) is 10.8.